The van der Waals surface area contributed by atoms with Crippen molar-refractivity contribution in [1.82, 2.24) is 9.88 Å². The van der Waals surface area contributed by atoms with Gasteiger partial charge in [0.15, 0.2) is 0 Å². The molecule has 0 aliphatic carbocycles. The zero-order valence-corrected chi connectivity index (χ0v) is 21.7. The smallest absolute Gasteiger partial charge is 0.303 e. The summed E-state index contributed by atoms with van der Waals surface area (Å²) < 4.78 is 26.3. The fourth-order valence-corrected chi connectivity index (χ4v) is 5.66. The summed E-state index contributed by atoms with van der Waals surface area (Å²) in [6, 6.07) is 15.3. The minimum absolute atomic E-state index is 0.0268. The average Bonchev–Trinajstić information content (AvgIpc) is 2.91. The van der Waals surface area contributed by atoms with Crippen molar-refractivity contribution in [1.29, 1.82) is 0 Å². The van der Waals surface area contributed by atoms with Gasteiger partial charge in [0.2, 0.25) is 0 Å². The van der Waals surface area contributed by atoms with Crippen LogP contribution in [-0.2, 0) is 11.2 Å². The lowest BCUT2D eigenvalue weighted by Gasteiger charge is -2.38. The average molecular weight is 509 g/mol. The standard InChI is InChI=1S/C30H37FN2O4/c1-36-24-10-12-28-26(19-24)25(13-15-32-28)27(31)11-9-21-14-17-33(20-23(21)18-30(34)35)16-5-7-22-6-3-4-8-29(22)37-2/h3-4,6,8,10,12-13,15,19,21,23,27H,5,7,9,11,14,16-18,20H2,1-2H3,(H,34,35)/t21-,23+,27-/m1/s1. The summed E-state index contributed by atoms with van der Waals surface area (Å²) in [7, 11) is 3.29. The van der Waals surface area contributed by atoms with Crippen LogP contribution in [0.3, 0.4) is 0 Å². The lowest BCUT2D eigenvalue weighted by Crippen LogP contribution is -2.42. The fourth-order valence-electron chi connectivity index (χ4n) is 5.66. The molecule has 0 radical (unpaired) electrons. The number of nitrogens with zero attached hydrogens (tertiary/aromatic N) is 2. The first-order valence-corrected chi connectivity index (χ1v) is 13.1. The molecule has 0 amide bonds. The quantitative estimate of drug-likeness (QED) is 0.319. The number of piperidine rings is 1. The number of para-hydroxylation sites is 1. The Kier molecular flexibility index (Phi) is 9.34. The van der Waals surface area contributed by atoms with Gasteiger partial charge in [0, 0.05) is 24.5 Å². The molecule has 4 rings (SSSR count). The number of ether oxygens (including phenoxy) is 2. The summed E-state index contributed by atoms with van der Waals surface area (Å²) >= 11 is 0. The Labute approximate surface area is 218 Å². The number of benzene rings is 2. The first kappa shape index (κ1) is 26.9. The number of likely N-dealkylation sites (tertiary alicyclic amines) is 1. The van der Waals surface area contributed by atoms with Gasteiger partial charge in [-0.3, -0.25) is 9.78 Å². The third-order valence-corrected chi connectivity index (χ3v) is 7.64. The molecule has 0 spiro atoms. The maximum Gasteiger partial charge on any atom is 0.303 e. The van der Waals surface area contributed by atoms with E-state index in [9.17, 15) is 9.90 Å². The van der Waals surface area contributed by atoms with Crippen LogP contribution in [0.25, 0.3) is 10.9 Å². The lowest BCUT2D eigenvalue weighted by molar-refractivity contribution is -0.139. The van der Waals surface area contributed by atoms with E-state index < -0.39 is 12.1 Å². The van der Waals surface area contributed by atoms with Gasteiger partial charge in [0.25, 0.3) is 0 Å². The molecule has 7 heteroatoms. The Morgan fingerprint density at radius 2 is 2.00 bits per heavy atom. The zero-order chi connectivity index (χ0) is 26.2. The summed E-state index contributed by atoms with van der Waals surface area (Å²) in [5.41, 5.74) is 2.55. The van der Waals surface area contributed by atoms with Crippen molar-refractivity contribution in [3.8, 4) is 11.5 Å². The molecule has 6 nitrogen and oxygen atoms in total. The summed E-state index contributed by atoms with van der Waals surface area (Å²) in [6.45, 7) is 2.58. The maximum absolute atomic E-state index is 15.5. The van der Waals surface area contributed by atoms with Gasteiger partial charge in [-0.2, -0.15) is 0 Å². The van der Waals surface area contributed by atoms with E-state index in [1.54, 1.807) is 26.5 Å². The van der Waals surface area contributed by atoms with Crippen LogP contribution in [0.15, 0.2) is 54.7 Å². The minimum Gasteiger partial charge on any atom is -0.497 e. The molecule has 198 valence electrons. The molecule has 0 unspecified atom stereocenters. The normalized spacial score (nSPS) is 19.0. The summed E-state index contributed by atoms with van der Waals surface area (Å²) in [5, 5.41) is 10.3. The SMILES string of the molecule is COc1ccc2nccc([C@H](F)CC[C@@H]3CCN(CCCc4ccccc4OC)C[C@@H]3CC(=O)O)c2c1. The second-order valence-electron chi connectivity index (χ2n) is 9.95. The molecule has 1 fully saturated rings. The summed E-state index contributed by atoms with van der Waals surface area (Å²) in [6.07, 6.45) is 4.46. The Hall–Kier alpha value is -3.19. The number of carboxylic acid groups (broad SMARTS) is 1. The summed E-state index contributed by atoms with van der Waals surface area (Å²) in [4.78, 5) is 18.4. The van der Waals surface area contributed by atoms with Crippen LogP contribution in [-0.4, -0.2) is 54.8 Å². The number of alkyl halides is 1. The van der Waals surface area contributed by atoms with E-state index in [2.05, 4.69) is 16.0 Å². The van der Waals surface area contributed by atoms with E-state index in [4.69, 9.17) is 9.47 Å². The van der Waals surface area contributed by atoms with Crippen molar-refractivity contribution in [2.24, 2.45) is 11.8 Å². The number of aliphatic carboxylic acids is 1. The topological polar surface area (TPSA) is 71.9 Å². The number of hydrogen-bond acceptors (Lipinski definition) is 5. The number of aromatic nitrogens is 1. The molecule has 0 bridgehead atoms. The van der Waals surface area contributed by atoms with Crippen molar-refractivity contribution in [2.75, 3.05) is 33.9 Å². The van der Waals surface area contributed by atoms with Gasteiger partial charge in [0.1, 0.15) is 17.7 Å². The van der Waals surface area contributed by atoms with Crippen LogP contribution in [0.1, 0.15) is 49.4 Å². The molecular formula is C30H37FN2O4. The van der Waals surface area contributed by atoms with Crippen molar-refractivity contribution < 1.29 is 23.8 Å². The van der Waals surface area contributed by atoms with E-state index in [1.807, 2.05) is 36.4 Å². The Balaban J connectivity index is 1.35. The molecule has 1 aromatic heterocycles. The zero-order valence-electron chi connectivity index (χ0n) is 21.7. The number of pyridine rings is 1. The molecule has 2 heterocycles. The van der Waals surface area contributed by atoms with Crippen LogP contribution in [0.2, 0.25) is 0 Å². The van der Waals surface area contributed by atoms with Crippen LogP contribution < -0.4 is 9.47 Å². The van der Waals surface area contributed by atoms with Crippen LogP contribution in [0, 0.1) is 11.8 Å². The minimum atomic E-state index is -1.14. The fraction of sp³-hybridized carbons (Fsp3) is 0.467. The number of halogens is 1. The first-order valence-electron chi connectivity index (χ1n) is 13.1. The Bertz CT molecular complexity index is 1190. The Morgan fingerprint density at radius 1 is 1.16 bits per heavy atom. The number of fused-ring (bicyclic) bond motifs is 1. The van der Waals surface area contributed by atoms with Gasteiger partial charge < -0.3 is 19.5 Å². The Morgan fingerprint density at radius 3 is 2.78 bits per heavy atom. The van der Waals surface area contributed by atoms with Gasteiger partial charge in [0.05, 0.1) is 19.7 Å². The number of hydrogen-bond donors (Lipinski definition) is 1. The molecule has 1 N–H and O–H groups in total. The van der Waals surface area contributed by atoms with Crippen LogP contribution in [0.4, 0.5) is 4.39 Å². The molecule has 1 aliphatic heterocycles. The first-order chi connectivity index (χ1) is 18.0. The predicted octanol–water partition coefficient (Wildman–Crippen LogP) is 6.09. The predicted molar refractivity (Wildman–Crippen MR) is 143 cm³/mol. The maximum atomic E-state index is 15.5. The van der Waals surface area contributed by atoms with Crippen molar-refractivity contribution in [3.05, 3.63) is 65.9 Å². The molecule has 3 atom stereocenters. The molecule has 1 saturated heterocycles. The highest BCUT2D eigenvalue weighted by Gasteiger charge is 2.31. The number of methoxy groups -OCH3 is 2. The van der Waals surface area contributed by atoms with Crippen LogP contribution >= 0.6 is 0 Å². The second-order valence-corrected chi connectivity index (χ2v) is 9.95. The molecule has 1 aliphatic rings. The monoisotopic (exact) mass is 508 g/mol. The third kappa shape index (κ3) is 6.98. The van der Waals surface area contributed by atoms with Crippen molar-refractivity contribution in [2.45, 2.75) is 44.7 Å². The summed E-state index contributed by atoms with van der Waals surface area (Å²) in [5.74, 6) is 1.02. The largest absolute Gasteiger partial charge is 0.497 e. The van der Waals surface area contributed by atoms with Crippen molar-refractivity contribution >= 4 is 16.9 Å². The number of rotatable bonds is 12. The van der Waals surface area contributed by atoms with E-state index in [-0.39, 0.29) is 18.3 Å². The molecule has 3 aromatic rings. The number of aryl methyl sites for hydroxylation is 1. The van der Waals surface area contributed by atoms with Gasteiger partial charge in [-0.1, -0.05) is 18.2 Å². The molecule has 37 heavy (non-hydrogen) atoms. The van der Waals surface area contributed by atoms with E-state index in [1.165, 1.54) is 5.56 Å². The molecule has 0 saturated carbocycles. The second kappa shape index (κ2) is 12.9. The highest BCUT2D eigenvalue weighted by atomic mass is 19.1. The molecule has 2 aromatic carbocycles. The van der Waals surface area contributed by atoms with Crippen LogP contribution in [0.5, 0.6) is 11.5 Å². The van der Waals surface area contributed by atoms with E-state index >= 15 is 4.39 Å². The van der Waals surface area contributed by atoms with Gasteiger partial charge in [-0.25, -0.2) is 4.39 Å². The van der Waals surface area contributed by atoms with Crippen molar-refractivity contribution in [3.63, 3.8) is 0 Å². The highest BCUT2D eigenvalue weighted by Crippen LogP contribution is 2.36. The van der Waals surface area contributed by atoms with Gasteiger partial charge in [-0.15, -0.1) is 0 Å². The van der Waals surface area contributed by atoms with Gasteiger partial charge in [-0.05, 0) is 98.5 Å². The number of carboxylic acids is 1. The third-order valence-electron chi connectivity index (χ3n) is 7.64. The van der Waals surface area contributed by atoms with E-state index in [0.717, 1.165) is 55.5 Å². The lowest BCUT2D eigenvalue weighted by atomic mass is 9.79. The van der Waals surface area contributed by atoms with E-state index in [0.29, 0.717) is 24.2 Å². The highest BCUT2D eigenvalue weighted by molar-refractivity contribution is 5.83. The molecular weight excluding hydrogens is 471 g/mol. The number of carbonyl (C=O) groups is 1. The van der Waals surface area contributed by atoms with Gasteiger partial charge >= 0.3 is 5.97 Å².